The Labute approximate surface area is 137 Å². The van der Waals surface area contributed by atoms with Gasteiger partial charge < -0.3 is 10.5 Å². The molecule has 1 unspecified atom stereocenters. The van der Waals surface area contributed by atoms with Crippen LogP contribution in [0.5, 0.6) is 5.75 Å². The van der Waals surface area contributed by atoms with Gasteiger partial charge in [-0.1, -0.05) is 34.8 Å². The van der Waals surface area contributed by atoms with Crippen LogP contribution in [0.2, 0.25) is 15.1 Å². The average molecular weight is 351 g/mol. The Morgan fingerprint density at radius 2 is 1.95 bits per heavy atom. The van der Waals surface area contributed by atoms with Gasteiger partial charge in [-0.05, 0) is 36.4 Å². The molecule has 2 nitrogen and oxygen atoms in total. The molecule has 0 saturated heterocycles. The minimum Gasteiger partial charge on any atom is -0.492 e. The summed E-state index contributed by atoms with van der Waals surface area (Å²) in [6.45, 7) is 4.36. The summed E-state index contributed by atoms with van der Waals surface area (Å²) >= 11 is 20.2. The third kappa shape index (κ3) is 3.07. The molecular formula is C14H14Cl3NOS. The van der Waals surface area contributed by atoms with Gasteiger partial charge >= 0.3 is 0 Å². The van der Waals surface area contributed by atoms with Gasteiger partial charge in [-0.3, -0.25) is 0 Å². The molecule has 0 amide bonds. The highest BCUT2D eigenvalue weighted by Crippen LogP contribution is 2.39. The first kappa shape index (κ1) is 15.9. The highest BCUT2D eigenvalue weighted by atomic mass is 35.5. The molecule has 0 aliphatic heterocycles. The summed E-state index contributed by atoms with van der Waals surface area (Å²) in [6, 6.07) is 3.03. The predicted molar refractivity (Wildman–Crippen MR) is 87.7 cm³/mol. The second-order valence-electron chi connectivity index (χ2n) is 4.31. The number of halogens is 3. The summed E-state index contributed by atoms with van der Waals surface area (Å²) in [5.41, 5.74) is 8.02. The van der Waals surface area contributed by atoms with E-state index in [1.165, 1.54) is 11.3 Å². The zero-order chi connectivity index (χ0) is 14.9. The van der Waals surface area contributed by atoms with Gasteiger partial charge in [0.25, 0.3) is 0 Å². The van der Waals surface area contributed by atoms with Gasteiger partial charge in [0, 0.05) is 16.0 Å². The van der Waals surface area contributed by atoms with Crippen molar-refractivity contribution in [2.24, 2.45) is 5.73 Å². The predicted octanol–water partition coefficient (Wildman–Crippen LogP) is 5.46. The Bertz CT molecular complexity index is 627. The maximum Gasteiger partial charge on any atom is 0.139 e. The lowest BCUT2D eigenvalue weighted by molar-refractivity contribution is 0.340. The molecule has 108 valence electrons. The van der Waals surface area contributed by atoms with Gasteiger partial charge in [0.05, 0.1) is 22.7 Å². The van der Waals surface area contributed by atoms with Gasteiger partial charge in [0.15, 0.2) is 0 Å². The number of rotatable bonds is 4. The molecule has 0 fully saturated rings. The van der Waals surface area contributed by atoms with E-state index in [1.54, 1.807) is 12.1 Å². The lowest BCUT2D eigenvalue weighted by atomic mass is 10.1. The van der Waals surface area contributed by atoms with Crippen molar-refractivity contribution in [3.05, 3.63) is 48.6 Å². The lowest BCUT2D eigenvalue weighted by Crippen LogP contribution is -2.11. The molecule has 0 radical (unpaired) electrons. The topological polar surface area (TPSA) is 35.2 Å². The smallest absolute Gasteiger partial charge is 0.139 e. The molecule has 2 N–H and O–H groups in total. The second-order valence-corrected chi connectivity index (χ2v) is 6.42. The van der Waals surface area contributed by atoms with Gasteiger partial charge in [-0.15, -0.1) is 11.3 Å². The van der Waals surface area contributed by atoms with Crippen molar-refractivity contribution in [1.82, 2.24) is 0 Å². The first-order chi connectivity index (χ1) is 9.45. The molecule has 2 rings (SSSR count). The van der Waals surface area contributed by atoms with Crippen LogP contribution in [0.15, 0.2) is 17.5 Å². The molecule has 1 aromatic heterocycles. The zero-order valence-electron chi connectivity index (χ0n) is 11.0. The molecule has 0 saturated carbocycles. The Hall–Kier alpha value is -0.450. The minimum absolute atomic E-state index is 0.401. The molecule has 0 spiro atoms. The van der Waals surface area contributed by atoms with E-state index in [1.807, 2.05) is 19.2 Å². The highest BCUT2D eigenvalue weighted by Gasteiger charge is 2.20. The SMILES string of the molecule is CCOc1cc(Cl)c(C(N)c2scc(C)c2Cl)cc1Cl. The molecule has 1 aromatic carbocycles. The maximum atomic E-state index is 6.28. The summed E-state index contributed by atoms with van der Waals surface area (Å²) in [5.74, 6) is 0.559. The number of hydrogen-bond acceptors (Lipinski definition) is 3. The summed E-state index contributed by atoms with van der Waals surface area (Å²) in [7, 11) is 0. The molecule has 0 bridgehead atoms. The van der Waals surface area contributed by atoms with E-state index in [4.69, 9.17) is 45.3 Å². The van der Waals surface area contributed by atoms with Crippen LogP contribution >= 0.6 is 46.1 Å². The number of nitrogens with two attached hydrogens (primary N) is 1. The van der Waals surface area contributed by atoms with Crippen molar-refractivity contribution in [1.29, 1.82) is 0 Å². The van der Waals surface area contributed by atoms with Crippen molar-refractivity contribution in [2.75, 3.05) is 6.61 Å². The summed E-state index contributed by atoms with van der Waals surface area (Å²) in [6.07, 6.45) is 0. The maximum absolute atomic E-state index is 6.28. The zero-order valence-corrected chi connectivity index (χ0v) is 14.1. The van der Waals surface area contributed by atoms with Crippen LogP contribution in [0.1, 0.15) is 29.0 Å². The summed E-state index contributed by atoms with van der Waals surface area (Å²) in [4.78, 5) is 0.881. The van der Waals surface area contributed by atoms with E-state index in [0.29, 0.717) is 27.4 Å². The van der Waals surface area contributed by atoms with Crippen molar-refractivity contribution >= 4 is 46.1 Å². The quantitative estimate of drug-likeness (QED) is 0.794. The van der Waals surface area contributed by atoms with Crippen LogP contribution in [0, 0.1) is 6.92 Å². The van der Waals surface area contributed by atoms with Gasteiger partial charge in [0.2, 0.25) is 0 Å². The molecule has 6 heteroatoms. The normalized spacial score (nSPS) is 12.5. The number of benzene rings is 1. The summed E-state index contributed by atoms with van der Waals surface area (Å²) < 4.78 is 5.41. The second kappa shape index (κ2) is 6.54. The third-order valence-electron chi connectivity index (χ3n) is 2.89. The number of aryl methyl sites for hydroxylation is 1. The summed E-state index contributed by atoms with van der Waals surface area (Å²) in [5, 5.41) is 3.67. The number of ether oxygens (including phenoxy) is 1. The fraction of sp³-hybridized carbons (Fsp3) is 0.286. The highest BCUT2D eigenvalue weighted by molar-refractivity contribution is 7.10. The molecule has 2 aromatic rings. The number of thiophene rings is 1. The largest absolute Gasteiger partial charge is 0.492 e. The Morgan fingerprint density at radius 3 is 2.50 bits per heavy atom. The fourth-order valence-corrected chi connectivity index (χ4v) is 3.68. The molecule has 1 heterocycles. The van der Waals surface area contributed by atoms with Crippen LogP contribution in [-0.2, 0) is 0 Å². The Kier molecular flexibility index (Phi) is 5.21. The van der Waals surface area contributed by atoms with Crippen LogP contribution in [0.3, 0.4) is 0 Å². The van der Waals surface area contributed by atoms with Crippen molar-refractivity contribution in [2.45, 2.75) is 19.9 Å². The lowest BCUT2D eigenvalue weighted by Gasteiger charge is -2.15. The van der Waals surface area contributed by atoms with Crippen molar-refractivity contribution < 1.29 is 4.74 Å². The van der Waals surface area contributed by atoms with Crippen LogP contribution in [0.4, 0.5) is 0 Å². The Morgan fingerprint density at radius 1 is 1.25 bits per heavy atom. The van der Waals surface area contributed by atoms with E-state index < -0.39 is 6.04 Å². The number of hydrogen-bond donors (Lipinski definition) is 1. The molecule has 1 atom stereocenters. The average Bonchev–Trinajstić information content (AvgIpc) is 2.73. The first-order valence-electron chi connectivity index (χ1n) is 6.06. The van der Waals surface area contributed by atoms with Crippen LogP contribution < -0.4 is 10.5 Å². The third-order valence-corrected chi connectivity index (χ3v) is 5.31. The van der Waals surface area contributed by atoms with E-state index in [2.05, 4.69) is 0 Å². The molecule has 20 heavy (non-hydrogen) atoms. The Balaban J connectivity index is 2.42. The molecular weight excluding hydrogens is 337 g/mol. The van der Waals surface area contributed by atoms with Crippen LogP contribution in [0.25, 0.3) is 0 Å². The standard InChI is InChI=1S/C14H14Cl3NOS/c1-3-19-11-5-9(15)8(4-10(11)16)13(18)14-12(17)7(2)6-20-14/h4-6,13H,3,18H2,1-2H3. The fourth-order valence-electron chi connectivity index (χ4n) is 1.85. The van der Waals surface area contributed by atoms with Gasteiger partial charge in [-0.2, -0.15) is 0 Å². The van der Waals surface area contributed by atoms with Gasteiger partial charge in [0.1, 0.15) is 5.75 Å². The minimum atomic E-state index is -0.401. The van der Waals surface area contributed by atoms with E-state index in [0.717, 1.165) is 16.0 Å². The van der Waals surface area contributed by atoms with Crippen molar-refractivity contribution in [3.63, 3.8) is 0 Å². The van der Waals surface area contributed by atoms with E-state index >= 15 is 0 Å². The molecule has 0 aliphatic carbocycles. The van der Waals surface area contributed by atoms with Gasteiger partial charge in [-0.25, -0.2) is 0 Å². The monoisotopic (exact) mass is 349 g/mol. The van der Waals surface area contributed by atoms with Crippen molar-refractivity contribution in [3.8, 4) is 5.75 Å². The first-order valence-corrected chi connectivity index (χ1v) is 8.07. The van der Waals surface area contributed by atoms with E-state index in [9.17, 15) is 0 Å². The van der Waals surface area contributed by atoms with Crippen LogP contribution in [-0.4, -0.2) is 6.61 Å². The van der Waals surface area contributed by atoms with E-state index in [-0.39, 0.29) is 0 Å². The molecule has 0 aliphatic rings.